The molecule has 16 heavy (non-hydrogen) atoms. The van der Waals surface area contributed by atoms with Crippen molar-refractivity contribution in [2.75, 3.05) is 13.1 Å². The molecular formula is C9H16N4O3. The topological polar surface area (TPSA) is 117 Å². The van der Waals surface area contributed by atoms with Crippen molar-refractivity contribution in [2.24, 2.45) is 16.6 Å². The quantitative estimate of drug-likeness (QED) is 0.346. The fraction of sp³-hybridized carbons (Fsp3) is 0.667. The van der Waals surface area contributed by atoms with Crippen molar-refractivity contribution in [3.05, 3.63) is 0 Å². The third-order valence-electron chi connectivity index (χ3n) is 2.30. The molecular weight excluding hydrogens is 212 g/mol. The van der Waals surface area contributed by atoms with E-state index in [1.807, 2.05) is 6.92 Å². The zero-order chi connectivity index (χ0) is 12.1. The zero-order valence-corrected chi connectivity index (χ0v) is 9.06. The number of rotatable bonds is 3. The van der Waals surface area contributed by atoms with Crippen molar-refractivity contribution < 1.29 is 14.7 Å². The molecule has 0 spiro atoms. The van der Waals surface area contributed by atoms with Crippen LogP contribution in [0.15, 0.2) is 4.99 Å². The predicted octanol–water partition coefficient (Wildman–Crippen LogP) is -1.50. The predicted molar refractivity (Wildman–Crippen MR) is 57.8 cm³/mol. The van der Waals surface area contributed by atoms with Crippen LogP contribution < -0.4 is 16.4 Å². The molecule has 5 N–H and O–H groups in total. The molecule has 1 saturated heterocycles. The Bertz CT molecular complexity index is 316. The number of aliphatic imine (C=N–C) groups is 1. The second-order valence-electron chi connectivity index (χ2n) is 3.89. The van der Waals surface area contributed by atoms with E-state index in [0.29, 0.717) is 5.92 Å². The Balaban J connectivity index is 2.39. The number of amides is 1. The van der Waals surface area contributed by atoms with Crippen LogP contribution in [-0.2, 0) is 9.59 Å². The van der Waals surface area contributed by atoms with Crippen LogP contribution in [0.4, 0.5) is 0 Å². The fourth-order valence-electron chi connectivity index (χ4n) is 1.52. The Hall–Kier alpha value is -1.63. The first kappa shape index (κ1) is 12.4. The van der Waals surface area contributed by atoms with E-state index in [0.717, 1.165) is 13.0 Å². The van der Waals surface area contributed by atoms with Crippen molar-refractivity contribution in [3.8, 4) is 0 Å². The van der Waals surface area contributed by atoms with Gasteiger partial charge in [0.25, 0.3) is 0 Å². The molecule has 0 aromatic heterocycles. The number of hydrogen-bond donors (Lipinski definition) is 4. The van der Waals surface area contributed by atoms with Gasteiger partial charge in [-0.15, -0.1) is 0 Å². The minimum absolute atomic E-state index is 0.159. The second-order valence-corrected chi connectivity index (χ2v) is 3.89. The lowest BCUT2D eigenvalue weighted by atomic mass is 10.1. The summed E-state index contributed by atoms with van der Waals surface area (Å²) >= 11 is 0. The van der Waals surface area contributed by atoms with Crippen molar-refractivity contribution in [1.29, 1.82) is 0 Å². The Morgan fingerprint density at radius 2 is 2.31 bits per heavy atom. The molecule has 1 aliphatic rings. The van der Waals surface area contributed by atoms with Gasteiger partial charge >= 0.3 is 5.97 Å². The third kappa shape index (κ3) is 3.85. The summed E-state index contributed by atoms with van der Waals surface area (Å²) in [6.07, 6.45) is 0.748. The molecule has 2 unspecified atom stereocenters. The standard InChI is InChI=1S/C9H16N4O3/c1-5-2-6(11-3-5)8(16)13-9(10)12-4-7(14)15/h5-6,11H,2-4H2,1H3,(H,14,15)(H3,10,12,13,16). The van der Waals surface area contributed by atoms with E-state index in [1.165, 1.54) is 0 Å². The number of guanidine groups is 1. The Kier molecular flexibility index (Phi) is 4.24. The van der Waals surface area contributed by atoms with Gasteiger partial charge in [-0.3, -0.25) is 14.9 Å². The molecule has 7 heteroatoms. The Labute approximate surface area is 93.1 Å². The molecule has 0 radical (unpaired) electrons. The highest BCUT2D eigenvalue weighted by Gasteiger charge is 2.26. The number of nitrogens with zero attached hydrogens (tertiary/aromatic N) is 1. The molecule has 1 rings (SSSR count). The van der Waals surface area contributed by atoms with E-state index in [4.69, 9.17) is 10.8 Å². The maximum atomic E-state index is 11.6. The lowest BCUT2D eigenvalue weighted by Crippen LogP contribution is -2.46. The smallest absolute Gasteiger partial charge is 0.325 e. The van der Waals surface area contributed by atoms with Crippen molar-refractivity contribution in [2.45, 2.75) is 19.4 Å². The fourth-order valence-corrected chi connectivity index (χ4v) is 1.52. The van der Waals surface area contributed by atoms with E-state index in [-0.39, 0.29) is 17.9 Å². The zero-order valence-electron chi connectivity index (χ0n) is 9.06. The van der Waals surface area contributed by atoms with Gasteiger partial charge in [-0.2, -0.15) is 0 Å². The highest BCUT2D eigenvalue weighted by molar-refractivity contribution is 5.99. The minimum Gasteiger partial charge on any atom is -0.480 e. The molecule has 2 atom stereocenters. The number of carboxylic acids is 1. The van der Waals surface area contributed by atoms with Gasteiger partial charge in [0.15, 0.2) is 5.96 Å². The minimum atomic E-state index is -1.09. The maximum Gasteiger partial charge on any atom is 0.325 e. The van der Waals surface area contributed by atoms with Crippen LogP contribution in [0.3, 0.4) is 0 Å². The highest BCUT2D eigenvalue weighted by atomic mass is 16.4. The monoisotopic (exact) mass is 228 g/mol. The average Bonchev–Trinajstić information content (AvgIpc) is 2.62. The lowest BCUT2D eigenvalue weighted by Gasteiger charge is -2.10. The molecule has 0 aliphatic carbocycles. The summed E-state index contributed by atoms with van der Waals surface area (Å²) in [5, 5.41) is 13.8. The molecule has 0 aromatic carbocycles. The average molecular weight is 228 g/mol. The highest BCUT2D eigenvalue weighted by Crippen LogP contribution is 2.12. The van der Waals surface area contributed by atoms with Crippen LogP contribution in [0.2, 0.25) is 0 Å². The van der Waals surface area contributed by atoms with Crippen LogP contribution >= 0.6 is 0 Å². The summed E-state index contributed by atoms with van der Waals surface area (Å²) in [4.78, 5) is 25.3. The van der Waals surface area contributed by atoms with Gasteiger partial charge in [-0.25, -0.2) is 4.99 Å². The molecule has 1 heterocycles. The van der Waals surface area contributed by atoms with Crippen molar-refractivity contribution >= 4 is 17.8 Å². The second kappa shape index (κ2) is 5.45. The molecule has 1 fully saturated rings. The van der Waals surface area contributed by atoms with E-state index >= 15 is 0 Å². The van der Waals surface area contributed by atoms with Gasteiger partial charge in [0.2, 0.25) is 5.91 Å². The first-order chi connectivity index (χ1) is 7.49. The van der Waals surface area contributed by atoms with E-state index in [1.54, 1.807) is 0 Å². The summed E-state index contributed by atoms with van der Waals surface area (Å²) in [6.45, 7) is 2.40. The van der Waals surface area contributed by atoms with E-state index < -0.39 is 12.5 Å². The van der Waals surface area contributed by atoms with Crippen molar-refractivity contribution in [1.82, 2.24) is 10.6 Å². The first-order valence-electron chi connectivity index (χ1n) is 5.05. The number of carbonyl (C=O) groups is 2. The molecule has 1 amide bonds. The summed E-state index contributed by atoms with van der Waals surface area (Å²) in [6, 6.07) is -0.270. The maximum absolute atomic E-state index is 11.6. The summed E-state index contributed by atoms with van der Waals surface area (Å²) in [5.41, 5.74) is 5.35. The van der Waals surface area contributed by atoms with Gasteiger partial charge in [-0.1, -0.05) is 6.92 Å². The van der Waals surface area contributed by atoms with Crippen LogP contribution in [0, 0.1) is 5.92 Å². The summed E-state index contributed by atoms with van der Waals surface area (Å²) in [7, 11) is 0. The first-order valence-corrected chi connectivity index (χ1v) is 5.05. The van der Waals surface area contributed by atoms with Crippen molar-refractivity contribution in [3.63, 3.8) is 0 Å². The molecule has 0 bridgehead atoms. The van der Waals surface area contributed by atoms with Crippen LogP contribution in [0.5, 0.6) is 0 Å². The summed E-state index contributed by atoms with van der Waals surface area (Å²) in [5.74, 6) is -1.07. The summed E-state index contributed by atoms with van der Waals surface area (Å²) < 4.78 is 0. The van der Waals surface area contributed by atoms with E-state index in [9.17, 15) is 9.59 Å². The number of aliphatic carboxylic acids is 1. The van der Waals surface area contributed by atoms with Gasteiger partial charge < -0.3 is 16.2 Å². The van der Waals surface area contributed by atoms with Gasteiger partial charge in [0.05, 0.1) is 6.04 Å². The molecule has 7 nitrogen and oxygen atoms in total. The Morgan fingerprint density at radius 3 is 2.81 bits per heavy atom. The largest absolute Gasteiger partial charge is 0.480 e. The van der Waals surface area contributed by atoms with Gasteiger partial charge in [0.1, 0.15) is 6.54 Å². The number of hydrogen-bond acceptors (Lipinski definition) is 4. The van der Waals surface area contributed by atoms with Crippen LogP contribution in [0.25, 0.3) is 0 Å². The van der Waals surface area contributed by atoms with Gasteiger partial charge in [-0.05, 0) is 18.9 Å². The lowest BCUT2D eigenvalue weighted by molar-refractivity contribution is -0.135. The molecule has 1 aliphatic heterocycles. The number of carbonyl (C=O) groups excluding carboxylic acids is 1. The number of nitrogens with one attached hydrogen (secondary N) is 2. The van der Waals surface area contributed by atoms with E-state index in [2.05, 4.69) is 15.6 Å². The van der Waals surface area contributed by atoms with Crippen LogP contribution in [-0.4, -0.2) is 42.1 Å². The van der Waals surface area contributed by atoms with Gasteiger partial charge in [0, 0.05) is 0 Å². The number of nitrogens with two attached hydrogens (primary N) is 1. The van der Waals surface area contributed by atoms with Crippen LogP contribution in [0.1, 0.15) is 13.3 Å². The number of carboxylic acid groups (broad SMARTS) is 1. The molecule has 0 aromatic rings. The molecule has 0 saturated carbocycles. The normalized spacial score (nSPS) is 25.4. The third-order valence-corrected chi connectivity index (χ3v) is 2.30. The SMILES string of the molecule is CC1CNC(C(=O)NC(N)=NCC(=O)O)C1. The molecule has 90 valence electrons. The Morgan fingerprint density at radius 1 is 1.62 bits per heavy atom.